The molecule has 0 fully saturated rings. The number of halogens is 1. The van der Waals surface area contributed by atoms with Gasteiger partial charge in [0.2, 0.25) is 11.8 Å². The minimum absolute atomic E-state index is 0.0204. The highest BCUT2D eigenvalue weighted by molar-refractivity contribution is 6.32. The van der Waals surface area contributed by atoms with Gasteiger partial charge in [-0.2, -0.15) is 0 Å². The van der Waals surface area contributed by atoms with Crippen LogP contribution in [-0.2, 0) is 33.6 Å². The molecule has 0 saturated carbocycles. The highest BCUT2D eigenvalue weighted by Crippen LogP contribution is 2.41. The second-order valence-electron chi connectivity index (χ2n) is 13.1. The lowest BCUT2D eigenvalue weighted by Gasteiger charge is -2.40. The number of carboxylic acid groups (broad SMARTS) is 2. The molecule has 6 atom stereocenters. The highest BCUT2D eigenvalue weighted by atomic mass is 35.5. The Labute approximate surface area is 321 Å². The van der Waals surface area contributed by atoms with E-state index in [2.05, 4.69) is 27.8 Å². The largest absolute Gasteiger partial charge is 0.503 e. The molecule has 2 aliphatic rings. The average Bonchev–Trinajstić information content (AvgIpc) is 3.62. The smallest absolute Gasteiger partial charge is 0.352 e. The summed E-state index contributed by atoms with van der Waals surface area (Å²) in [6.07, 6.45) is 1.71. The van der Waals surface area contributed by atoms with Crippen molar-refractivity contribution in [1.82, 2.24) is 31.5 Å². The zero-order valence-corrected chi connectivity index (χ0v) is 31.7. The molecule has 0 saturated heterocycles. The van der Waals surface area contributed by atoms with Gasteiger partial charge >= 0.3 is 11.9 Å². The number of rotatable bonds is 11. The van der Waals surface area contributed by atoms with Gasteiger partial charge in [-0.25, -0.2) is 9.59 Å². The lowest BCUT2D eigenvalue weighted by atomic mass is 9.90. The quantitative estimate of drug-likeness (QED) is 0.109. The third kappa shape index (κ3) is 9.88. The van der Waals surface area contributed by atoms with Crippen LogP contribution in [0.5, 0.6) is 11.5 Å². The fourth-order valence-corrected chi connectivity index (χ4v) is 5.95. The number of phenolic OH excluding ortho intramolecular Hbond substituents is 1. The molecular formula is C36H45ClN6O12. The Morgan fingerprint density at radius 1 is 1.09 bits per heavy atom. The van der Waals surface area contributed by atoms with E-state index < -0.39 is 94.5 Å². The van der Waals surface area contributed by atoms with Gasteiger partial charge < -0.3 is 56.6 Å². The third-order valence-electron chi connectivity index (χ3n) is 9.22. The number of aromatic hydroxyl groups is 1. The summed E-state index contributed by atoms with van der Waals surface area (Å²) in [6, 6.07) is -3.37. The summed E-state index contributed by atoms with van der Waals surface area (Å²) >= 11 is 6.33. The molecule has 0 unspecified atom stereocenters. The molecule has 5 amide bonds. The number of allylic oxidation sites excluding steroid dienone is 1. The molecule has 0 radical (unpaired) electrons. The molecule has 2 heterocycles. The van der Waals surface area contributed by atoms with Crippen molar-refractivity contribution in [3.05, 3.63) is 70.1 Å². The molecule has 0 aliphatic carbocycles. The minimum atomic E-state index is -1.75. The van der Waals surface area contributed by atoms with Crippen LogP contribution in [0.3, 0.4) is 0 Å². The summed E-state index contributed by atoms with van der Waals surface area (Å²) in [7, 11) is 1.40. The molecule has 9 N–H and O–H groups in total. The summed E-state index contributed by atoms with van der Waals surface area (Å²) in [5.41, 5.74) is -2.62. The van der Waals surface area contributed by atoms with Crippen molar-refractivity contribution in [2.24, 2.45) is 0 Å². The van der Waals surface area contributed by atoms with Crippen LogP contribution >= 0.6 is 11.6 Å². The predicted octanol–water partition coefficient (Wildman–Crippen LogP) is 0.510. The molecule has 2 aliphatic heterocycles. The molecule has 0 aromatic heterocycles. The Morgan fingerprint density at radius 2 is 1.75 bits per heavy atom. The number of aliphatic hydroxyl groups excluding tert-OH is 1. The van der Waals surface area contributed by atoms with E-state index in [1.165, 1.54) is 52.1 Å². The van der Waals surface area contributed by atoms with Gasteiger partial charge in [-0.05, 0) is 69.5 Å². The maximum Gasteiger partial charge on any atom is 0.352 e. The first-order valence-corrected chi connectivity index (χ1v) is 17.4. The number of likely N-dealkylation sites (N-methyl/N-ethyl adjacent to an activating group) is 1. The van der Waals surface area contributed by atoms with Gasteiger partial charge in [0.05, 0.1) is 11.1 Å². The van der Waals surface area contributed by atoms with Crippen LogP contribution in [0, 0.1) is 0 Å². The molecule has 0 spiro atoms. The predicted molar refractivity (Wildman–Crippen MR) is 196 cm³/mol. The summed E-state index contributed by atoms with van der Waals surface area (Å²) in [5.74, 6) is -8.94. The van der Waals surface area contributed by atoms with Crippen molar-refractivity contribution in [3.8, 4) is 11.5 Å². The van der Waals surface area contributed by atoms with Gasteiger partial charge in [-0.15, -0.1) is 0 Å². The summed E-state index contributed by atoms with van der Waals surface area (Å²) in [6.45, 7) is 11.3. The number of benzene rings is 1. The van der Waals surface area contributed by atoms with E-state index in [-0.39, 0.29) is 52.9 Å². The zero-order chi connectivity index (χ0) is 41.5. The van der Waals surface area contributed by atoms with Crippen LogP contribution in [-0.4, -0.2) is 110 Å². The maximum atomic E-state index is 14.7. The number of amides is 5. The van der Waals surface area contributed by atoms with Crippen molar-refractivity contribution in [3.63, 3.8) is 0 Å². The van der Waals surface area contributed by atoms with Crippen LogP contribution in [0.1, 0.15) is 59.1 Å². The monoisotopic (exact) mass is 788 g/mol. The van der Waals surface area contributed by atoms with E-state index in [4.69, 9.17) is 21.4 Å². The average molecular weight is 789 g/mol. The number of aliphatic carboxylic acids is 2. The maximum absolute atomic E-state index is 14.7. The fraction of sp³-hybridized carbons (Fsp3) is 0.417. The van der Waals surface area contributed by atoms with Crippen LogP contribution in [0.15, 0.2) is 59.5 Å². The van der Waals surface area contributed by atoms with Crippen LogP contribution < -0.4 is 31.3 Å². The van der Waals surface area contributed by atoms with E-state index in [9.17, 15) is 48.9 Å². The number of ether oxygens (including phenoxy) is 1. The molecule has 1 aromatic carbocycles. The number of carbonyl (C=O) groups is 7. The molecule has 18 nitrogen and oxygen atoms in total. The molecular weight excluding hydrogens is 744 g/mol. The third-order valence-corrected chi connectivity index (χ3v) is 9.51. The first kappa shape index (κ1) is 43.7. The zero-order valence-electron chi connectivity index (χ0n) is 31.0. The van der Waals surface area contributed by atoms with Gasteiger partial charge in [0.1, 0.15) is 47.3 Å². The van der Waals surface area contributed by atoms with Gasteiger partial charge in [-0.1, -0.05) is 44.2 Å². The Balaban J connectivity index is 2.11. The molecule has 298 valence electrons. The standard InChI is InChI=1S/C36H45ClN6O12/c1-8-17(5)25(32(50)39-20(35(53)54)15-23(44)45)41-30(48)21-11-10-12-43(21)34(52)29-36(6,9-2)55-22-14-18(13-19(37)28(22)47)27(46)26(38-7)33(51)40-24(16(3)4)31(49)42-29/h10-11,13-15,21,24,26-27,29,38,46-47H,3,8-9,12H2,1-2,4-7H3,(H,39,50)(H,40,51)(H,41,48)(H,42,49)(H,44,45)(H,53,54)/t21-,24-,26-,27-,29+,36+/m0/s1. The molecule has 3 rings (SSSR count). The van der Waals surface area contributed by atoms with Crippen molar-refractivity contribution in [2.45, 2.75) is 83.3 Å². The van der Waals surface area contributed by atoms with Gasteiger partial charge in [0.25, 0.3) is 17.7 Å². The second kappa shape index (κ2) is 18.1. The first-order valence-electron chi connectivity index (χ1n) is 17.0. The number of nitrogens with zero attached hydrogens (tertiary/aromatic N) is 1. The van der Waals surface area contributed by atoms with Crippen molar-refractivity contribution in [1.29, 1.82) is 0 Å². The Bertz CT molecular complexity index is 1880. The van der Waals surface area contributed by atoms with E-state index in [0.29, 0.717) is 0 Å². The molecule has 2 bridgehead atoms. The summed E-state index contributed by atoms with van der Waals surface area (Å²) in [4.78, 5) is 92.9. The van der Waals surface area contributed by atoms with E-state index in [1.54, 1.807) is 13.8 Å². The van der Waals surface area contributed by atoms with E-state index in [1.807, 2.05) is 5.32 Å². The lowest BCUT2D eigenvalue weighted by molar-refractivity contribution is -0.146. The highest BCUT2D eigenvalue weighted by Gasteiger charge is 2.47. The number of phenols is 1. The lowest BCUT2D eigenvalue weighted by Crippen LogP contribution is -2.65. The van der Waals surface area contributed by atoms with Gasteiger partial charge in [0.15, 0.2) is 11.5 Å². The SMILES string of the molecule is C=C(C)[C@@H]1NC(=O)[C@@H](NC)[C@@H](O)c2cc(Cl)c(O)c(c2)O[C@](C)(CC)[C@@H](C(=O)N2CC=C[C@H]2C(=O)NC(C(=O)NC(=CC(=O)O)C(=O)O)=C(C)CC)NC1=O. The number of fused-ring (bicyclic) bond motifs is 2. The molecule has 55 heavy (non-hydrogen) atoms. The summed E-state index contributed by atoms with van der Waals surface area (Å²) < 4.78 is 6.29. The van der Waals surface area contributed by atoms with Crippen molar-refractivity contribution < 1.29 is 58.7 Å². The van der Waals surface area contributed by atoms with Crippen molar-refractivity contribution >= 4 is 53.1 Å². The number of carbonyl (C=O) groups excluding carboxylic acids is 5. The molecule has 1 aromatic rings. The Kier molecular flexibility index (Phi) is 14.4. The normalized spacial score (nSPS) is 24.8. The van der Waals surface area contributed by atoms with Crippen LogP contribution in [0.2, 0.25) is 5.02 Å². The fourth-order valence-electron chi connectivity index (χ4n) is 5.73. The van der Waals surface area contributed by atoms with Crippen LogP contribution in [0.25, 0.3) is 0 Å². The number of aliphatic hydroxyl groups is 1. The number of hydrogen-bond acceptors (Lipinski definition) is 11. The number of hydrogen-bond donors (Lipinski definition) is 9. The molecule has 19 heteroatoms. The van der Waals surface area contributed by atoms with E-state index >= 15 is 0 Å². The summed E-state index contributed by atoms with van der Waals surface area (Å²) in [5, 5.41) is 52.6. The van der Waals surface area contributed by atoms with Crippen molar-refractivity contribution in [2.75, 3.05) is 13.6 Å². The number of nitrogens with one attached hydrogen (secondary N) is 5. The van der Waals surface area contributed by atoms with Gasteiger partial charge in [0, 0.05) is 6.54 Å². The second-order valence-corrected chi connectivity index (χ2v) is 13.5. The first-order chi connectivity index (χ1) is 25.7. The number of carboxylic acids is 2. The minimum Gasteiger partial charge on any atom is -0.503 e. The Morgan fingerprint density at radius 3 is 2.29 bits per heavy atom. The van der Waals surface area contributed by atoms with Crippen LogP contribution in [0.4, 0.5) is 0 Å². The van der Waals surface area contributed by atoms with Gasteiger partial charge in [-0.3, -0.25) is 24.0 Å². The Hall–Kier alpha value is -5.72. The van der Waals surface area contributed by atoms with E-state index in [0.717, 1.165) is 4.90 Å². The topological polar surface area (TPSA) is 273 Å².